The number of aromatic nitrogens is 1. The summed E-state index contributed by atoms with van der Waals surface area (Å²) in [5.74, 6) is -1.32. The molecule has 0 atom stereocenters. The molecule has 1 aromatic rings. The highest BCUT2D eigenvalue weighted by molar-refractivity contribution is 9.10. The number of rotatable bonds is 4. The summed E-state index contributed by atoms with van der Waals surface area (Å²) in [6, 6.07) is 1.63. The number of halogens is 1. The van der Waals surface area contributed by atoms with Gasteiger partial charge in [-0.3, -0.25) is 14.6 Å². The van der Waals surface area contributed by atoms with Crippen LogP contribution in [-0.4, -0.2) is 22.0 Å². The fraction of sp³-hybridized carbons (Fsp3) is 0.222. The van der Waals surface area contributed by atoms with Crippen molar-refractivity contribution < 1.29 is 14.7 Å². The molecule has 15 heavy (non-hydrogen) atoms. The maximum atomic E-state index is 11.3. The molecular formula is C9H9BrN2O3. The van der Waals surface area contributed by atoms with Crippen LogP contribution in [-0.2, 0) is 9.59 Å². The molecule has 0 saturated heterocycles. The van der Waals surface area contributed by atoms with Crippen molar-refractivity contribution >= 4 is 33.5 Å². The van der Waals surface area contributed by atoms with Gasteiger partial charge < -0.3 is 10.4 Å². The van der Waals surface area contributed by atoms with Gasteiger partial charge in [0.05, 0.1) is 16.6 Å². The van der Waals surface area contributed by atoms with E-state index in [1.54, 1.807) is 12.3 Å². The van der Waals surface area contributed by atoms with Gasteiger partial charge in [0.2, 0.25) is 5.91 Å². The van der Waals surface area contributed by atoms with E-state index in [4.69, 9.17) is 5.11 Å². The van der Waals surface area contributed by atoms with Crippen LogP contribution in [0.15, 0.2) is 22.9 Å². The molecule has 1 aromatic heterocycles. The van der Waals surface area contributed by atoms with E-state index in [1.807, 2.05) is 0 Å². The number of carbonyl (C=O) groups excluding carboxylic acids is 1. The van der Waals surface area contributed by atoms with Crippen molar-refractivity contribution in [2.45, 2.75) is 12.8 Å². The summed E-state index contributed by atoms with van der Waals surface area (Å²) in [5.41, 5.74) is 0.584. The fourth-order valence-corrected chi connectivity index (χ4v) is 1.26. The van der Waals surface area contributed by atoms with Crippen molar-refractivity contribution in [1.82, 2.24) is 4.98 Å². The molecule has 0 unspecified atom stereocenters. The monoisotopic (exact) mass is 272 g/mol. The molecule has 0 aliphatic rings. The third-order valence-corrected chi connectivity index (χ3v) is 2.24. The Hall–Kier alpha value is -1.43. The molecule has 5 nitrogen and oxygen atoms in total. The summed E-state index contributed by atoms with van der Waals surface area (Å²) in [6.45, 7) is 0. The minimum absolute atomic E-state index is 0.0376. The number of hydrogen-bond acceptors (Lipinski definition) is 3. The minimum Gasteiger partial charge on any atom is -0.481 e. The molecule has 6 heteroatoms. The van der Waals surface area contributed by atoms with E-state index >= 15 is 0 Å². The SMILES string of the molecule is O=C(O)CCC(=O)Nc1ccncc1Br. The maximum Gasteiger partial charge on any atom is 0.303 e. The highest BCUT2D eigenvalue weighted by Crippen LogP contribution is 2.19. The smallest absolute Gasteiger partial charge is 0.303 e. The first-order chi connectivity index (χ1) is 7.09. The Labute approximate surface area is 94.6 Å². The quantitative estimate of drug-likeness (QED) is 0.874. The largest absolute Gasteiger partial charge is 0.481 e. The lowest BCUT2D eigenvalue weighted by Crippen LogP contribution is -2.13. The van der Waals surface area contributed by atoms with Gasteiger partial charge in [0.25, 0.3) is 0 Å². The van der Waals surface area contributed by atoms with Crippen molar-refractivity contribution in [1.29, 1.82) is 0 Å². The Kier molecular flexibility index (Phi) is 4.23. The third kappa shape index (κ3) is 4.07. The molecule has 0 aromatic carbocycles. The predicted octanol–water partition coefficient (Wildman–Crippen LogP) is 1.65. The van der Waals surface area contributed by atoms with Crippen molar-refractivity contribution in [3.05, 3.63) is 22.9 Å². The normalized spacial score (nSPS) is 9.67. The van der Waals surface area contributed by atoms with Gasteiger partial charge in [-0.15, -0.1) is 0 Å². The average Bonchev–Trinajstić information content (AvgIpc) is 2.18. The van der Waals surface area contributed by atoms with E-state index in [0.717, 1.165) is 0 Å². The average molecular weight is 273 g/mol. The molecule has 1 heterocycles. The van der Waals surface area contributed by atoms with Crippen LogP contribution < -0.4 is 5.32 Å². The first-order valence-corrected chi connectivity index (χ1v) is 5.00. The molecule has 0 spiro atoms. The molecule has 0 aliphatic heterocycles. The van der Waals surface area contributed by atoms with Crippen LogP contribution in [0.4, 0.5) is 5.69 Å². The van der Waals surface area contributed by atoms with Crippen LogP contribution in [0.3, 0.4) is 0 Å². The first kappa shape index (κ1) is 11.6. The number of amides is 1. The molecule has 0 radical (unpaired) electrons. The summed E-state index contributed by atoms with van der Waals surface area (Å²) in [7, 11) is 0. The second kappa shape index (κ2) is 5.45. The Balaban J connectivity index is 2.52. The van der Waals surface area contributed by atoms with E-state index in [0.29, 0.717) is 10.2 Å². The summed E-state index contributed by atoms with van der Waals surface area (Å²) in [4.78, 5) is 25.3. The summed E-state index contributed by atoms with van der Waals surface area (Å²) >= 11 is 3.21. The van der Waals surface area contributed by atoms with E-state index < -0.39 is 5.97 Å². The zero-order chi connectivity index (χ0) is 11.3. The lowest BCUT2D eigenvalue weighted by Gasteiger charge is -2.05. The second-order valence-electron chi connectivity index (χ2n) is 2.80. The van der Waals surface area contributed by atoms with E-state index in [1.165, 1.54) is 6.20 Å². The van der Waals surface area contributed by atoms with Crippen LogP contribution in [0.2, 0.25) is 0 Å². The van der Waals surface area contributed by atoms with Crippen LogP contribution in [0.1, 0.15) is 12.8 Å². The Bertz CT molecular complexity index is 381. The second-order valence-corrected chi connectivity index (χ2v) is 3.65. The van der Waals surface area contributed by atoms with Gasteiger partial charge in [-0.2, -0.15) is 0 Å². The van der Waals surface area contributed by atoms with Crippen LogP contribution in [0, 0.1) is 0 Å². The minimum atomic E-state index is -0.987. The number of carboxylic acid groups (broad SMARTS) is 1. The number of carboxylic acids is 1. The first-order valence-electron chi connectivity index (χ1n) is 4.21. The number of carbonyl (C=O) groups is 2. The van der Waals surface area contributed by atoms with Crippen LogP contribution in [0.25, 0.3) is 0 Å². The zero-order valence-corrected chi connectivity index (χ0v) is 9.32. The lowest BCUT2D eigenvalue weighted by atomic mass is 10.3. The Morgan fingerprint density at radius 3 is 2.80 bits per heavy atom. The summed E-state index contributed by atoms with van der Waals surface area (Å²) in [5, 5.41) is 11.0. The maximum absolute atomic E-state index is 11.3. The zero-order valence-electron chi connectivity index (χ0n) is 7.74. The Morgan fingerprint density at radius 2 is 2.20 bits per heavy atom. The highest BCUT2D eigenvalue weighted by atomic mass is 79.9. The molecule has 2 N–H and O–H groups in total. The van der Waals surface area contributed by atoms with Crippen LogP contribution >= 0.6 is 15.9 Å². The van der Waals surface area contributed by atoms with Crippen molar-refractivity contribution in [3.8, 4) is 0 Å². The van der Waals surface area contributed by atoms with Crippen molar-refractivity contribution in [3.63, 3.8) is 0 Å². The third-order valence-electron chi connectivity index (χ3n) is 1.61. The van der Waals surface area contributed by atoms with Gasteiger partial charge in [0.1, 0.15) is 0 Å². The predicted molar refractivity (Wildman–Crippen MR) is 57.4 cm³/mol. The molecule has 80 valence electrons. The van der Waals surface area contributed by atoms with Crippen LogP contribution in [0.5, 0.6) is 0 Å². The molecule has 0 fully saturated rings. The number of anilines is 1. The van der Waals surface area contributed by atoms with Gasteiger partial charge >= 0.3 is 5.97 Å². The molecule has 0 aliphatic carbocycles. The van der Waals surface area contributed by atoms with E-state index in [2.05, 4.69) is 26.2 Å². The van der Waals surface area contributed by atoms with Gasteiger partial charge in [-0.25, -0.2) is 0 Å². The number of aliphatic carboxylic acids is 1. The molecule has 0 saturated carbocycles. The number of nitrogens with one attached hydrogen (secondary N) is 1. The lowest BCUT2D eigenvalue weighted by molar-refractivity contribution is -0.138. The fourth-order valence-electron chi connectivity index (χ4n) is 0.910. The van der Waals surface area contributed by atoms with Gasteiger partial charge in [-0.1, -0.05) is 0 Å². The molecular weight excluding hydrogens is 264 g/mol. The summed E-state index contributed by atoms with van der Waals surface area (Å²) in [6.07, 6.45) is 2.88. The van der Waals surface area contributed by atoms with Gasteiger partial charge in [-0.05, 0) is 22.0 Å². The molecule has 1 amide bonds. The van der Waals surface area contributed by atoms with E-state index in [-0.39, 0.29) is 18.7 Å². The van der Waals surface area contributed by atoms with Crippen molar-refractivity contribution in [2.24, 2.45) is 0 Å². The highest BCUT2D eigenvalue weighted by Gasteiger charge is 2.07. The van der Waals surface area contributed by atoms with E-state index in [9.17, 15) is 9.59 Å². The van der Waals surface area contributed by atoms with Crippen molar-refractivity contribution in [2.75, 3.05) is 5.32 Å². The number of pyridine rings is 1. The van der Waals surface area contributed by atoms with Gasteiger partial charge in [0, 0.05) is 18.8 Å². The molecule has 1 rings (SSSR count). The Morgan fingerprint density at radius 1 is 1.47 bits per heavy atom. The topological polar surface area (TPSA) is 79.3 Å². The van der Waals surface area contributed by atoms with Gasteiger partial charge in [0.15, 0.2) is 0 Å². The summed E-state index contributed by atoms with van der Waals surface area (Å²) < 4.78 is 0.661. The standard InChI is InChI=1S/C9H9BrN2O3/c10-6-5-11-4-3-7(6)12-8(13)1-2-9(14)15/h3-5H,1-2H2,(H,14,15)(H,11,12,13). The number of nitrogens with zero attached hydrogens (tertiary/aromatic N) is 1. The number of hydrogen-bond donors (Lipinski definition) is 2. The molecule has 0 bridgehead atoms.